The highest BCUT2D eigenvalue weighted by Crippen LogP contribution is 2.39. The van der Waals surface area contributed by atoms with Crippen molar-refractivity contribution < 1.29 is 24.5 Å². The molecule has 1 fully saturated rings. The van der Waals surface area contributed by atoms with Crippen molar-refractivity contribution in [2.24, 2.45) is 33.3 Å². The zero-order chi connectivity index (χ0) is 26.6. The molecular formula is C26H52N2O5. The highest BCUT2D eigenvalue weighted by molar-refractivity contribution is 5.86. The third-order valence-electron chi connectivity index (χ3n) is 5.67. The number of ether oxygens (including phenoxy) is 1. The minimum absolute atomic E-state index is 0.00174. The first-order chi connectivity index (χ1) is 14.5. The molecule has 3 atom stereocenters. The number of aliphatic hydroxyl groups excluding tert-OH is 1. The number of nitrogens with two attached hydrogens (primary N) is 1. The van der Waals surface area contributed by atoms with Gasteiger partial charge in [-0.15, -0.1) is 0 Å². The van der Waals surface area contributed by atoms with Crippen LogP contribution in [0.3, 0.4) is 0 Å². The van der Waals surface area contributed by atoms with Gasteiger partial charge in [0.15, 0.2) is 0 Å². The summed E-state index contributed by atoms with van der Waals surface area (Å²) >= 11 is 0. The second kappa shape index (κ2) is 11.5. The molecule has 1 rings (SSSR count). The summed E-state index contributed by atoms with van der Waals surface area (Å²) < 4.78 is 6.16. The zero-order valence-electron chi connectivity index (χ0n) is 23.2. The van der Waals surface area contributed by atoms with Crippen molar-refractivity contribution in [3.05, 3.63) is 0 Å². The molecule has 0 aromatic heterocycles. The van der Waals surface area contributed by atoms with Gasteiger partial charge in [-0.1, -0.05) is 83.1 Å². The number of aliphatic carboxylic acids is 1. The van der Waals surface area contributed by atoms with Crippen molar-refractivity contribution in [2.45, 2.75) is 120 Å². The van der Waals surface area contributed by atoms with Crippen LogP contribution in [0.4, 0.5) is 0 Å². The lowest BCUT2D eigenvalue weighted by Gasteiger charge is -2.40. The minimum atomic E-state index is -1.07. The van der Waals surface area contributed by atoms with Gasteiger partial charge in [-0.2, -0.15) is 0 Å². The van der Waals surface area contributed by atoms with Crippen molar-refractivity contribution in [1.29, 1.82) is 0 Å². The first-order valence-corrected chi connectivity index (χ1v) is 12.0. The molecule has 5 N–H and O–H groups in total. The van der Waals surface area contributed by atoms with E-state index in [9.17, 15) is 14.7 Å². The SMILES string of the molecule is CC(C)(C)C(O)C(C)(C)C.CC(C)(C)C(OCC1CC1NC(=O)[C@@H](N)CC(=O)O)C(C)(C)C. The van der Waals surface area contributed by atoms with Gasteiger partial charge in [0, 0.05) is 12.0 Å². The molecule has 7 heteroatoms. The number of carboxylic acid groups (broad SMARTS) is 1. The van der Waals surface area contributed by atoms with Crippen molar-refractivity contribution in [1.82, 2.24) is 5.32 Å². The summed E-state index contributed by atoms with van der Waals surface area (Å²) in [6.45, 7) is 25.9. The second-order valence-electron chi connectivity index (χ2n) is 13.9. The number of nitrogens with one attached hydrogen (secondary N) is 1. The Morgan fingerprint density at radius 1 is 0.909 bits per heavy atom. The molecule has 0 aromatic carbocycles. The number of hydrogen-bond acceptors (Lipinski definition) is 5. The first-order valence-electron chi connectivity index (χ1n) is 12.0. The van der Waals surface area contributed by atoms with E-state index in [4.69, 9.17) is 15.6 Å². The summed E-state index contributed by atoms with van der Waals surface area (Å²) in [4.78, 5) is 22.4. The van der Waals surface area contributed by atoms with Crippen molar-refractivity contribution >= 4 is 11.9 Å². The zero-order valence-corrected chi connectivity index (χ0v) is 23.2. The molecule has 0 spiro atoms. The van der Waals surface area contributed by atoms with Gasteiger partial charge >= 0.3 is 5.97 Å². The molecule has 2 unspecified atom stereocenters. The van der Waals surface area contributed by atoms with Crippen molar-refractivity contribution in [2.75, 3.05) is 6.61 Å². The van der Waals surface area contributed by atoms with Crippen LogP contribution in [-0.2, 0) is 14.3 Å². The van der Waals surface area contributed by atoms with Crippen LogP contribution in [0.1, 0.15) is 95.9 Å². The fraction of sp³-hybridized carbons (Fsp3) is 0.923. The van der Waals surface area contributed by atoms with E-state index in [-0.39, 0.29) is 52.2 Å². The molecular weight excluding hydrogens is 420 g/mol. The average molecular weight is 473 g/mol. The Balaban J connectivity index is 0.000000861. The molecule has 0 radical (unpaired) electrons. The summed E-state index contributed by atoms with van der Waals surface area (Å²) in [5, 5.41) is 21.2. The van der Waals surface area contributed by atoms with Crippen LogP contribution < -0.4 is 11.1 Å². The molecule has 0 saturated heterocycles. The highest BCUT2D eigenvalue weighted by Gasteiger charge is 2.42. The van der Waals surface area contributed by atoms with Gasteiger partial charge in [-0.25, -0.2) is 0 Å². The van der Waals surface area contributed by atoms with Crippen LogP contribution in [-0.4, -0.2) is 53.0 Å². The van der Waals surface area contributed by atoms with E-state index in [0.29, 0.717) is 6.61 Å². The number of aliphatic hydroxyl groups is 1. The molecule has 1 aliphatic carbocycles. The van der Waals surface area contributed by atoms with Crippen LogP contribution >= 0.6 is 0 Å². The predicted octanol–water partition coefficient (Wildman–Crippen LogP) is 4.21. The molecule has 0 heterocycles. The first kappa shape index (κ1) is 31.8. The third kappa shape index (κ3) is 12.2. The summed E-state index contributed by atoms with van der Waals surface area (Å²) in [7, 11) is 0. The fourth-order valence-electron chi connectivity index (χ4n) is 4.50. The maximum Gasteiger partial charge on any atom is 0.305 e. The number of carbonyl (C=O) groups is 2. The Kier molecular flexibility index (Phi) is 11.1. The monoisotopic (exact) mass is 472 g/mol. The van der Waals surface area contributed by atoms with E-state index in [1.807, 2.05) is 0 Å². The Morgan fingerprint density at radius 3 is 1.64 bits per heavy atom. The Hall–Kier alpha value is -1.18. The molecule has 1 aliphatic rings. The van der Waals surface area contributed by atoms with Gasteiger partial charge < -0.3 is 26.0 Å². The number of amides is 1. The molecule has 7 nitrogen and oxygen atoms in total. The topological polar surface area (TPSA) is 122 Å². The molecule has 196 valence electrons. The maximum atomic E-state index is 11.8. The molecule has 33 heavy (non-hydrogen) atoms. The number of carbonyl (C=O) groups excluding carboxylic acids is 1. The van der Waals surface area contributed by atoms with Crippen LogP contribution in [0.2, 0.25) is 0 Å². The van der Waals surface area contributed by atoms with E-state index < -0.39 is 17.9 Å². The molecule has 0 aliphatic heterocycles. The third-order valence-corrected chi connectivity index (χ3v) is 5.67. The van der Waals surface area contributed by atoms with E-state index in [0.717, 1.165) is 6.42 Å². The molecule has 1 amide bonds. The van der Waals surface area contributed by atoms with Gasteiger partial charge in [-0.05, 0) is 28.1 Å². The van der Waals surface area contributed by atoms with E-state index in [1.54, 1.807) is 0 Å². The fourth-order valence-corrected chi connectivity index (χ4v) is 4.50. The molecule has 1 saturated carbocycles. The van der Waals surface area contributed by atoms with Crippen LogP contribution in [0.15, 0.2) is 0 Å². The predicted molar refractivity (Wildman–Crippen MR) is 134 cm³/mol. The van der Waals surface area contributed by atoms with E-state index >= 15 is 0 Å². The number of carboxylic acids is 1. The summed E-state index contributed by atoms with van der Waals surface area (Å²) in [5.41, 5.74) is 5.62. The van der Waals surface area contributed by atoms with Crippen LogP contribution in [0.25, 0.3) is 0 Å². The van der Waals surface area contributed by atoms with E-state index in [2.05, 4.69) is 88.4 Å². The second-order valence-corrected chi connectivity index (χ2v) is 13.9. The van der Waals surface area contributed by atoms with Gasteiger partial charge in [0.1, 0.15) is 0 Å². The van der Waals surface area contributed by atoms with Gasteiger partial charge in [0.25, 0.3) is 0 Å². The van der Waals surface area contributed by atoms with Gasteiger partial charge in [0.2, 0.25) is 5.91 Å². The van der Waals surface area contributed by atoms with Crippen LogP contribution in [0, 0.1) is 27.6 Å². The Labute approximate surface area is 202 Å². The largest absolute Gasteiger partial charge is 0.481 e. The van der Waals surface area contributed by atoms with Crippen LogP contribution in [0.5, 0.6) is 0 Å². The van der Waals surface area contributed by atoms with E-state index in [1.165, 1.54) is 0 Å². The lowest BCUT2D eigenvalue weighted by Crippen LogP contribution is -2.44. The summed E-state index contributed by atoms with van der Waals surface area (Å²) in [5.74, 6) is -1.19. The lowest BCUT2D eigenvalue weighted by atomic mass is 9.74. The molecule has 0 aromatic rings. The summed E-state index contributed by atoms with van der Waals surface area (Å²) in [6.07, 6.45) is 0.378. The average Bonchev–Trinajstić information content (AvgIpc) is 3.27. The standard InChI is InChI=1S/C17H32N2O4.C9H20O/c1-16(2,3)15(17(4,5)6)23-9-10-7-12(10)19-14(22)11(18)8-13(20)21;1-8(2,3)7(10)9(4,5)6/h10-12,15H,7-9,18H2,1-6H3,(H,19,22)(H,20,21);7,10H,1-6H3/t10?,11-,12?;/m0./s1. The van der Waals surface area contributed by atoms with Crippen molar-refractivity contribution in [3.63, 3.8) is 0 Å². The number of rotatable bonds is 7. The van der Waals surface area contributed by atoms with Crippen molar-refractivity contribution in [3.8, 4) is 0 Å². The summed E-state index contributed by atoms with van der Waals surface area (Å²) in [6, 6.07) is -0.950. The highest BCUT2D eigenvalue weighted by atomic mass is 16.5. The van der Waals surface area contributed by atoms with Gasteiger partial charge in [-0.3, -0.25) is 9.59 Å². The quantitative estimate of drug-likeness (QED) is 0.440. The lowest BCUT2D eigenvalue weighted by molar-refractivity contribution is -0.139. The number of hydrogen-bond donors (Lipinski definition) is 4. The smallest absolute Gasteiger partial charge is 0.305 e. The Morgan fingerprint density at radius 2 is 1.33 bits per heavy atom. The maximum absolute atomic E-state index is 11.8. The Bertz CT molecular complexity index is 607. The van der Waals surface area contributed by atoms with Gasteiger partial charge in [0.05, 0.1) is 31.3 Å². The minimum Gasteiger partial charge on any atom is -0.481 e. The molecule has 0 bridgehead atoms. The normalized spacial score (nSPS) is 20.2.